The van der Waals surface area contributed by atoms with Crippen LogP contribution in [0.2, 0.25) is 0 Å². The molecular formula is C44H55FN8O3. The predicted octanol–water partition coefficient (Wildman–Crippen LogP) is 6.57. The number of hydrogen-bond acceptors (Lipinski definition) is 8. The van der Waals surface area contributed by atoms with Crippen LogP contribution in [-0.4, -0.2) is 89.9 Å². The molecule has 1 aliphatic heterocycles. The smallest absolute Gasteiger partial charge is 0.251 e. The van der Waals surface area contributed by atoms with Gasteiger partial charge in [-0.3, -0.25) is 9.59 Å². The first-order valence-corrected chi connectivity index (χ1v) is 19.6. The van der Waals surface area contributed by atoms with Crippen molar-refractivity contribution in [2.24, 2.45) is 0 Å². The van der Waals surface area contributed by atoms with Crippen molar-refractivity contribution in [1.29, 1.82) is 0 Å². The zero-order valence-corrected chi connectivity index (χ0v) is 33.5. The molecule has 6 rings (SSSR count). The molecule has 5 aromatic rings. The largest absolute Gasteiger partial charge is 0.381 e. The number of benzene rings is 3. The number of halogens is 1. The fourth-order valence-electron chi connectivity index (χ4n) is 7.20. The predicted molar refractivity (Wildman–Crippen MR) is 220 cm³/mol. The molecule has 12 heteroatoms. The second-order valence-corrected chi connectivity index (χ2v) is 15.0. The van der Waals surface area contributed by atoms with Gasteiger partial charge in [-0.2, -0.15) is 5.10 Å². The molecule has 11 nitrogen and oxygen atoms in total. The van der Waals surface area contributed by atoms with Crippen LogP contribution in [0.4, 0.5) is 10.1 Å². The Morgan fingerprint density at radius 1 is 0.911 bits per heavy atom. The number of rotatable bonds is 16. The molecule has 3 N–H and O–H groups in total. The number of aryl methyl sites for hydroxylation is 3. The normalized spacial score (nSPS) is 13.4. The lowest BCUT2D eigenvalue weighted by atomic mass is 10.00. The van der Waals surface area contributed by atoms with Gasteiger partial charge in [-0.15, -0.1) is 0 Å². The van der Waals surface area contributed by atoms with E-state index in [9.17, 15) is 9.59 Å². The summed E-state index contributed by atoms with van der Waals surface area (Å²) < 4.78 is 22.7. The molecule has 2 amide bonds. The van der Waals surface area contributed by atoms with E-state index < -0.39 is 0 Å². The summed E-state index contributed by atoms with van der Waals surface area (Å²) in [6, 6.07) is 18.2. The highest BCUT2D eigenvalue weighted by Gasteiger charge is 2.23. The number of nitrogens with one attached hydrogen (secondary N) is 3. The Labute approximate surface area is 329 Å². The first-order valence-electron chi connectivity index (χ1n) is 19.6. The number of hydrogen-bond donors (Lipinski definition) is 3. The summed E-state index contributed by atoms with van der Waals surface area (Å²) in [7, 11) is 6.19. The van der Waals surface area contributed by atoms with Crippen LogP contribution in [0.25, 0.3) is 22.2 Å². The van der Waals surface area contributed by atoms with Gasteiger partial charge < -0.3 is 30.5 Å². The zero-order valence-electron chi connectivity index (χ0n) is 33.5. The molecular weight excluding hydrogens is 708 g/mol. The van der Waals surface area contributed by atoms with Crippen LogP contribution in [0.5, 0.6) is 0 Å². The second-order valence-electron chi connectivity index (χ2n) is 15.0. The van der Waals surface area contributed by atoms with Crippen molar-refractivity contribution in [2.75, 3.05) is 52.8 Å². The van der Waals surface area contributed by atoms with Crippen LogP contribution in [0.1, 0.15) is 75.4 Å². The fraction of sp³-hybridized carbons (Fsp3) is 0.409. The van der Waals surface area contributed by atoms with E-state index in [0.29, 0.717) is 42.9 Å². The molecule has 3 heterocycles. The van der Waals surface area contributed by atoms with E-state index in [0.717, 1.165) is 82.7 Å². The minimum absolute atomic E-state index is 0.196. The molecule has 1 fully saturated rings. The molecule has 0 unspecified atom stereocenters. The molecule has 1 saturated heterocycles. The average Bonchev–Trinajstić information content (AvgIpc) is 3.62. The van der Waals surface area contributed by atoms with Gasteiger partial charge >= 0.3 is 0 Å². The van der Waals surface area contributed by atoms with Gasteiger partial charge in [-0.05, 0) is 113 Å². The van der Waals surface area contributed by atoms with Gasteiger partial charge in [0, 0.05) is 86.5 Å². The van der Waals surface area contributed by atoms with Gasteiger partial charge in [-0.25, -0.2) is 14.1 Å². The first-order chi connectivity index (χ1) is 27.0. The molecule has 296 valence electrons. The van der Waals surface area contributed by atoms with E-state index in [4.69, 9.17) is 9.72 Å². The average molecular weight is 763 g/mol. The maximum Gasteiger partial charge on any atom is 0.251 e. The van der Waals surface area contributed by atoms with E-state index in [-0.39, 0.29) is 36.8 Å². The summed E-state index contributed by atoms with van der Waals surface area (Å²) in [5.74, 6) is -0.938. The highest BCUT2D eigenvalue weighted by atomic mass is 19.1. The number of aromatic nitrogens is 3. The van der Waals surface area contributed by atoms with Crippen molar-refractivity contribution in [3.8, 4) is 11.1 Å². The van der Waals surface area contributed by atoms with E-state index >= 15 is 4.39 Å². The van der Waals surface area contributed by atoms with Crippen molar-refractivity contribution in [3.05, 3.63) is 112 Å². The molecule has 3 aromatic carbocycles. The Bertz CT molecular complexity index is 2160. The van der Waals surface area contributed by atoms with Crippen LogP contribution in [0, 0.1) is 12.7 Å². The van der Waals surface area contributed by atoms with Crippen LogP contribution >= 0.6 is 0 Å². The van der Waals surface area contributed by atoms with Gasteiger partial charge in [-0.1, -0.05) is 31.2 Å². The van der Waals surface area contributed by atoms with Gasteiger partial charge in [0.1, 0.15) is 5.82 Å². The molecule has 0 bridgehead atoms. The quantitative estimate of drug-likeness (QED) is 0.103. The van der Waals surface area contributed by atoms with Crippen molar-refractivity contribution in [1.82, 2.24) is 35.2 Å². The van der Waals surface area contributed by atoms with Gasteiger partial charge in [0.05, 0.1) is 17.3 Å². The minimum atomic E-state index is -0.324. The number of pyridine rings is 1. The Morgan fingerprint density at radius 2 is 1.64 bits per heavy atom. The van der Waals surface area contributed by atoms with Crippen LogP contribution in [0.3, 0.4) is 0 Å². The summed E-state index contributed by atoms with van der Waals surface area (Å²) in [6.07, 6.45) is 4.31. The number of fused-ring (bicyclic) bond motifs is 1. The SMILES string of the molecule is CCc1nc2c(cnn2CC)c(NC2CCOCC2)c1CNC(=O)c1cc(C)cc(C(=O)NCc2ccc(F)c(-c3cccc(CN(C)CCN(C)C)c3)c2)c1. The Morgan fingerprint density at radius 3 is 2.34 bits per heavy atom. The molecule has 0 atom stereocenters. The summed E-state index contributed by atoms with van der Waals surface area (Å²) in [5.41, 5.74) is 8.26. The van der Waals surface area contributed by atoms with Gasteiger partial charge in [0.25, 0.3) is 11.8 Å². The van der Waals surface area contributed by atoms with Crippen molar-refractivity contribution in [3.63, 3.8) is 0 Å². The third kappa shape index (κ3) is 9.97. The molecule has 0 saturated carbocycles. The van der Waals surface area contributed by atoms with Crippen molar-refractivity contribution < 1.29 is 18.7 Å². The fourth-order valence-corrected chi connectivity index (χ4v) is 7.20. The van der Waals surface area contributed by atoms with Crippen LogP contribution in [0.15, 0.2) is 66.9 Å². The third-order valence-electron chi connectivity index (χ3n) is 10.3. The monoisotopic (exact) mass is 762 g/mol. The van der Waals surface area contributed by atoms with Gasteiger partial charge in [0.15, 0.2) is 5.65 Å². The number of amides is 2. The Kier molecular flexibility index (Phi) is 13.5. The summed E-state index contributed by atoms with van der Waals surface area (Å²) in [6.45, 7) is 11.1. The lowest BCUT2D eigenvalue weighted by Crippen LogP contribution is -2.30. The minimum Gasteiger partial charge on any atom is -0.381 e. The number of ether oxygens (including phenoxy) is 1. The molecule has 0 aliphatic carbocycles. The van der Waals surface area contributed by atoms with E-state index in [1.54, 1.807) is 30.3 Å². The number of carbonyl (C=O) groups is 2. The molecule has 0 radical (unpaired) electrons. The Hall–Kier alpha value is -5.17. The molecule has 1 aliphatic rings. The number of nitrogens with zero attached hydrogens (tertiary/aromatic N) is 5. The summed E-state index contributed by atoms with van der Waals surface area (Å²) in [4.78, 5) is 36.6. The van der Waals surface area contributed by atoms with Gasteiger partial charge in [0.2, 0.25) is 0 Å². The molecule has 2 aromatic heterocycles. The van der Waals surface area contributed by atoms with E-state index in [2.05, 4.69) is 65.0 Å². The van der Waals surface area contributed by atoms with Crippen molar-refractivity contribution in [2.45, 2.75) is 72.3 Å². The standard InChI is InChI=1S/C44H55FN8O3/c1-7-40-37(41(49-35-14-18-56-19-15-35)38-27-48-53(8-2)42(38)50-40)26-47-44(55)34-21-29(3)20-33(24-34)43(54)46-25-30-12-13-39(45)36(23-30)32-11-9-10-31(22-32)28-52(6)17-16-51(4)5/h9-13,20-24,27,35H,7-8,14-19,25-26,28H2,1-6H3,(H,46,54)(H,47,55)(H,49,50). The highest BCUT2D eigenvalue weighted by molar-refractivity contribution is 6.00. The zero-order chi connectivity index (χ0) is 39.8. The van der Waals surface area contributed by atoms with Crippen LogP contribution in [-0.2, 0) is 37.3 Å². The highest BCUT2D eigenvalue weighted by Crippen LogP contribution is 2.31. The van der Waals surface area contributed by atoms with Crippen molar-refractivity contribution >= 4 is 28.5 Å². The van der Waals surface area contributed by atoms with Crippen LogP contribution < -0.4 is 16.0 Å². The van der Waals surface area contributed by atoms with E-state index in [1.807, 2.05) is 42.9 Å². The third-order valence-corrected chi connectivity index (χ3v) is 10.3. The lowest BCUT2D eigenvalue weighted by Gasteiger charge is -2.26. The van der Waals surface area contributed by atoms with E-state index in [1.165, 1.54) is 6.07 Å². The summed E-state index contributed by atoms with van der Waals surface area (Å²) in [5, 5.41) is 15.4. The first kappa shape index (κ1) is 40.5. The number of carbonyl (C=O) groups excluding carboxylic acids is 2. The maximum atomic E-state index is 15.2. The molecule has 0 spiro atoms. The Balaban J connectivity index is 1.14. The number of likely N-dealkylation sites (N-methyl/N-ethyl adjacent to an activating group) is 2. The second kappa shape index (κ2) is 18.6. The number of anilines is 1. The maximum absolute atomic E-state index is 15.2. The topological polar surface area (TPSA) is 117 Å². The molecule has 56 heavy (non-hydrogen) atoms. The lowest BCUT2D eigenvalue weighted by molar-refractivity contribution is 0.0904. The summed E-state index contributed by atoms with van der Waals surface area (Å²) >= 11 is 0.